The molecule has 0 unspecified atom stereocenters. The second-order valence-electron chi connectivity index (χ2n) is 26.6. The Morgan fingerprint density at radius 3 is 1.58 bits per heavy atom. The van der Waals surface area contributed by atoms with Crippen LogP contribution in [0.2, 0.25) is 0 Å². The maximum Gasteiger partial charge on any atom is 0.268 e. The molecule has 5 nitrogen and oxygen atoms in total. The van der Waals surface area contributed by atoms with Crippen molar-refractivity contribution < 1.29 is 82.5 Å². The smallest absolute Gasteiger partial charge is 0.268 e. The molecule has 0 spiro atoms. The Labute approximate surface area is 643 Å². The van der Waals surface area contributed by atoms with E-state index in [9.17, 15) is 52.1 Å². The first-order chi connectivity index (χ1) is 61.4. The zero-order valence-corrected chi connectivity index (χ0v) is 56.8. The van der Waals surface area contributed by atoms with Crippen molar-refractivity contribution in [3.05, 3.63) is 282 Å². The maximum atomic E-state index is 10.9. The quantitative estimate of drug-likeness (QED) is 0.0560. The molecule has 490 valence electrons. The minimum Gasteiger partial charge on any atom is -0.510 e. The first kappa shape index (κ1) is 34.7. The number of aromatic nitrogens is 4. The molecule has 0 N–H and O–H groups in total. The van der Waals surface area contributed by atoms with E-state index in [1.807, 2.05) is 138 Å². The van der Waals surface area contributed by atoms with Crippen LogP contribution in [0, 0.1) is 18.5 Å². The number of hydrogen-bond donors (Lipinski definition) is 0. The van der Waals surface area contributed by atoms with E-state index >= 15 is 0 Å². The van der Waals surface area contributed by atoms with Gasteiger partial charge in [0, 0.05) is 88.1 Å². The third-order valence-electron chi connectivity index (χ3n) is 18.1. The molecule has 13 aromatic rings. The molecule has 15 rings (SSSR count). The van der Waals surface area contributed by atoms with Gasteiger partial charge in [-0.25, -0.2) is 4.98 Å². The summed E-state index contributed by atoms with van der Waals surface area (Å²) in [4.78, 5) is 4.83. The topological polar surface area (TPSA) is 35.9 Å². The Morgan fingerprint density at radius 2 is 1.03 bits per heavy atom. The number of fused-ring (bicyclic) bond motifs is 6. The SMILES string of the molecule is [2H]c1c([2H])c2c(c([2H])c1-c1cc(C(C)(C)C)cc(-c3c([2H])c([2H])c4c(c3[2H])C(C([2H])([2H])[2H])(C([2H])([2H])[2H])C([2H])([2H])C([2H])([2H])C4(C([2H])([2H])[2H])C([2H])([2H])[2H])c1-[n+]1[c-]n(-c3[c-]c(Oc4[c-]c5c(cc4)c4ccccc4n5-c4cc(C(C)(C)C)ccn4)ccc3)c3cc([Si](c4ccccc4)(c4ccccc4)c4ccccc4)ccc31)C(C([2H])([2H])[2H])(C([2H])([2H])[2H])C([2H])([2H])C([2H])([2H])C2(C([2H])([2H])[2H])C([2H])([2H])[2H].[Pt]. The second kappa shape index (κ2) is 24.1. The minimum absolute atomic E-state index is 0. The Hall–Kier alpha value is -8.67. The van der Waals surface area contributed by atoms with Gasteiger partial charge in [-0.05, 0) is 164 Å². The molecule has 2 aliphatic carbocycles. The van der Waals surface area contributed by atoms with Crippen molar-refractivity contribution in [2.24, 2.45) is 0 Å². The molecule has 0 atom stereocenters. The second-order valence-corrected chi connectivity index (χ2v) is 30.4. The van der Waals surface area contributed by atoms with E-state index in [1.54, 1.807) is 30.5 Å². The van der Waals surface area contributed by atoms with Gasteiger partial charge in [0.1, 0.15) is 5.82 Å². The van der Waals surface area contributed by atoms with Gasteiger partial charge < -0.3 is 13.9 Å². The van der Waals surface area contributed by atoms with Gasteiger partial charge in [-0.3, -0.25) is 4.57 Å². The fourth-order valence-electron chi connectivity index (χ4n) is 13.2. The van der Waals surface area contributed by atoms with Crippen molar-refractivity contribution in [3.8, 4) is 50.9 Å². The molecular weight excluding hydrogens is 1380 g/mol. The van der Waals surface area contributed by atoms with Crippen LogP contribution < -0.4 is 30.1 Å². The Kier molecular flexibility index (Phi) is 8.62. The monoisotopic (exact) mass is 1500 g/mol. The van der Waals surface area contributed by atoms with E-state index in [0.29, 0.717) is 16.5 Å². The average molecular weight is 1500 g/mol. The third-order valence-corrected chi connectivity index (χ3v) is 22.8. The standard InChI is InChI=1S/C90H88N4OSi.Pt/c1-85(2,3)62-45-50-91-83(55-62)94-79-36-25-24-35-71(79)72-41-39-66(57-81(72)94)95-65-28-26-27-64(56-65)92-59-93(80-44-40-70(58-82(80)92)96(67-29-18-15-19-30-67,68-31-20-16-21-32-68)69-33-22-17-23-34-69)84-73(60-37-42-75-77(51-60)89(11,12)48-46-87(75,7)8)53-63(86(4,5)6)54-74(84)61-38-43-76-78(52-61)90(13,14)49-47-88(76,9)10;/h15-45,50-55,58H,46-49H2,1-14H3;/q-2;/i7D3,8D3,9D3,10D3,11D3,12D3,13D3,14D3,37D,38D,42D,43D,46D2,47D2,48D2,49D2,51D,52D;. The number of ether oxygens (including phenoxy) is 1. The molecule has 10 aromatic carbocycles. The van der Waals surface area contributed by atoms with Crippen LogP contribution in [0.3, 0.4) is 0 Å². The first-order valence-electron chi connectivity index (χ1n) is 50.2. The van der Waals surface area contributed by atoms with E-state index in [4.69, 9.17) is 9.72 Å². The number of pyridine rings is 1. The van der Waals surface area contributed by atoms with Gasteiger partial charge in [-0.2, -0.15) is 18.2 Å². The molecule has 0 amide bonds. The van der Waals surface area contributed by atoms with Crippen molar-refractivity contribution in [2.75, 3.05) is 0 Å². The molecule has 0 bridgehead atoms. The summed E-state index contributed by atoms with van der Waals surface area (Å²) in [5.74, 6) is 0.620. The number of hydrogen-bond acceptors (Lipinski definition) is 2. The van der Waals surface area contributed by atoms with Crippen LogP contribution in [0.25, 0.3) is 72.3 Å². The van der Waals surface area contributed by atoms with Crippen molar-refractivity contribution in [2.45, 2.75) is 154 Å². The van der Waals surface area contributed by atoms with Gasteiger partial charge in [0.15, 0.2) is 8.07 Å². The normalized spacial score (nSPS) is 24.5. The molecule has 0 aliphatic heterocycles. The van der Waals surface area contributed by atoms with E-state index in [1.165, 1.54) is 43.5 Å². The summed E-state index contributed by atoms with van der Waals surface area (Å²) in [6.45, 7) is -26.2. The van der Waals surface area contributed by atoms with Crippen molar-refractivity contribution in [1.29, 1.82) is 0 Å². The van der Waals surface area contributed by atoms with E-state index < -0.39 is 202 Å². The molecular formula is C90H88N4OPtSi-2. The summed E-state index contributed by atoms with van der Waals surface area (Å²) in [6, 6.07) is 51.1. The van der Waals surface area contributed by atoms with Gasteiger partial charge in [0.05, 0.1) is 24.9 Å². The predicted octanol–water partition coefficient (Wildman–Crippen LogP) is 19.6. The average Bonchev–Trinajstić information content (AvgIpc) is 0.834. The van der Waals surface area contributed by atoms with Gasteiger partial charge in [-0.1, -0.05) is 278 Å². The summed E-state index contributed by atoms with van der Waals surface area (Å²) < 4.78 is 377. The summed E-state index contributed by atoms with van der Waals surface area (Å²) in [7, 11) is -3.87. The largest absolute Gasteiger partial charge is 0.510 e. The fourth-order valence-corrected chi connectivity index (χ4v) is 18.0. The van der Waals surface area contributed by atoms with Crippen molar-refractivity contribution in [3.63, 3.8) is 0 Å². The minimum atomic E-state index is -4.91. The van der Waals surface area contributed by atoms with Crippen LogP contribution in [0.4, 0.5) is 0 Å². The Morgan fingerprint density at radius 1 is 0.505 bits per heavy atom. The maximum absolute atomic E-state index is 10.9. The zero-order valence-electron chi connectivity index (χ0n) is 91.5. The van der Waals surface area contributed by atoms with Crippen LogP contribution in [0.1, 0.15) is 207 Å². The van der Waals surface area contributed by atoms with Gasteiger partial charge >= 0.3 is 0 Å². The van der Waals surface area contributed by atoms with Crippen molar-refractivity contribution in [1.82, 2.24) is 14.1 Å². The molecule has 0 radical (unpaired) electrons. The van der Waals surface area contributed by atoms with E-state index in [2.05, 4.69) is 39.2 Å². The van der Waals surface area contributed by atoms with Crippen LogP contribution in [-0.2, 0) is 53.6 Å². The molecule has 2 aliphatic rings. The molecule has 0 fully saturated rings. The van der Waals surface area contributed by atoms with Crippen LogP contribution in [-0.4, -0.2) is 22.2 Å². The number of imidazole rings is 1. The first-order valence-corrected chi connectivity index (χ1v) is 33.2. The van der Waals surface area contributed by atoms with Gasteiger partial charge in [0.2, 0.25) is 0 Å². The van der Waals surface area contributed by atoms with Gasteiger partial charge in [-0.15, -0.1) is 29.7 Å². The summed E-state index contributed by atoms with van der Waals surface area (Å²) in [5.41, 5.74) is -32.2. The number of para-hydroxylation sites is 1. The molecule has 3 heterocycles. The molecule has 7 heteroatoms. The molecule has 97 heavy (non-hydrogen) atoms. The van der Waals surface area contributed by atoms with Crippen LogP contribution in [0.15, 0.2) is 231 Å². The number of benzene rings is 10. The Balaban J connectivity index is 0.0000146. The van der Waals surface area contributed by atoms with Gasteiger partial charge in [0.25, 0.3) is 6.33 Å². The zero-order chi connectivity index (χ0) is 99.3. The van der Waals surface area contributed by atoms with E-state index in [-0.39, 0.29) is 60.3 Å². The van der Waals surface area contributed by atoms with Crippen LogP contribution >= 0.6 is 0 Å². The predicted molar refractivity (Wildman–Crippen MR) is 402 cm³/mol. The molecule has 3 aromatic heterocycles. The van der Waals surface area contributed by atoms with Crippen LogP contribution in [0.5, 0.6) is 11.5 Å². The summed E-state index contributed by atoms with van der Waals surface area (Å²) in [5, 5.41) is 4.48. The van der Waals surface area contributed by atoms with E-state index in [0.717, 1.165) is 54.1 Å². The third kappa shape index (κ3) is 11.4. The molecule has 0 saturated carbocycles. The Bertz CT molecular complexity index is 6570. The fraction of sp³-hybridized carbons (Fsp3) is 0.267. The summed E-state index contributed by atoms with van der Waals surface area (Å²) >= 11 is 0. The summed E-state index contributed by atoms with van der Waals surface area (Å²) in [6.07, 6.45) is -14.5. The molecule has 0 saturated heterocycles. The van der Waals surface area contributed by atoms with Crippen molar-refractivity contribution >= 4 is 61.7 Å². The number of rotatable bonds is 11. The number of nitrogens with zero attached hydrogens (tertiary/aromatic N) is 4.